The number of hydrogen-bond donors (Lipinski definition) is 0. The zero-order valence-electron chi connectivity index (χ0n) is 17.1. The maximum atomic E-state index is 13.4. The van der Waals surface area contributed by atoms with Crippen molar-refractivity contribution in [2.24, 2.45) is 0 Å². The number of ether oxygens (including phenoxy) is 3. The van der Waals surface area contributed by atoms with Gasteiger partial charge in [0.05, 0.1) is 16.7 Å². The van der Waals surface area contributed by atoms with E-state index >= 15 is 0 Å². The molecule has 0 bridgehead atoms. The lowest BCUT2D eigenvalue weighted by Gasteiger charge is -2.18. The molecular weight excluding hydrogens is 431 g/mol. The first-order chi connectivity index (χ1) is 15.5. The molecule has 164 valence electrons. The lowest BCUT2D eigenvalue weighted by atomic mass is 10.2. The molecule has 0 unspecified atom stereocenters. The van der Waals surface area contributed by atoms with E-state index in [-0.39, 0.29) is 16.7 Å². The first-order valence-electron chi connectivity index (χ1n) is 9.70. The molecule has 0 amide bonds. The largest absolute Gasteiger partial charge is 0.454 e. The van der Waals surface area contributed by atoms with Crippen molar-refractivity contribution in [1.29, 1.82) is 0 Å². The minimum absolute atomic E-state index is 0.279. The van der Waals surface area contributed by atoms with Gasteiger partial charge in [-0.1, -0.05) is 54.6 Å². The summed E-state index contributed by atoms with van der Waals surface area (Å²) >= 11 is 0. The average molecular weight is 452 g/mol. The molecule has 0 aliphatic heterocycles. The lowest BCUT2D eigenvalue weighted by Crippen LogP contribution is -2.16. The smallest absolute Gasteiger partial charge is 0.338 e. The van der Waals surface area contributed by atoms with Crippen molar-refractivity contribution in [3.8, 4) is 0 Å². The van der Waals surface area contributed by atoms with Gasteiger partial charge in [0.25, 0.3) is 0 Å². The van der Waals surface area contributed by atoms with E-state index in [1.165, 1.54) is 0 Å². The molecule has 0 fully saturated rings. The Balaban J connectivity index is 1.67. The van der Waals surface area contributed by atoms with Crippen LogP contribution in [-0.4, -0.2) is 37.0 Å². The molecule has 0 atom stereocenters. The van der Waals surface area contributed by atoms with Crippen LogP contribution < -0.4 is 0 Å². The first-order valence-corrected chi connectivity index (χ1v) is 12.0. The van der Waals surface area contributed by atoms with E-state index in [9.17, 15) is 18.9 Å². The van der Waals surface area contributed by atoms with Crippen LogP contribution >= 0.6 is 7.14 Å². The topological polar surface area (TPSA) is 96.0 Å². The third-order valence-corrected chi connectivity index (χ3v) is 6.12. The fourth-order valence-corrected chi connectivity index (χ4v) is 3.89. The van der Waals surface area contributed by atoms with E-state index in [0.717, 1.165) is 0 Å². The van der Waals surface area contributed by atoms with Crippen LogP contribution in [0, 0.1) is 0 Å². The van der Waals surface area contributed by atoms with E-state index in [0.29, 0.717) is 0 Å². The fourth-order valence-electron chi connectivity index (χ4n) is 2.61. The summed E-state index contributed by atoms with van der Waals surface area (Å²) in [5.41, 5.74) is 0.838. The van der Waals surface area contributed by atoms with Crippen molar-refractivity contribution < 1.29 is 33.2 Å². The summed E-state index contributed by atoms with van der Waals surface area (Å²) in [5, 5.41) is 0. The lowest BCUT2D eigenvalue weighted by molar-refractivity contribution is 0.0519. The highest BCUT2D eigenvalue weighted by atomic mass is 31.2. The van der Waals surface area contributed by atoms with Gasteiger partial charge in [-0.15, -0.1) is 0 Å². The monoisotopic (exact) mass is 452 g/mol. The van der Waals surface area contributed by atoms with Gasteiger partial charge in [-0.2, -0.15) is 0 Å². The minimum Gasteiger partial charge on any atom is -0.454 e. The molecule has 0 aliphatic rings. The molecule has 32 heavy (non-hydrogen) atoms. The molecule has 3 rings (SSSR count). The number of esters is 3. The Bertz CT molecular complexity index is 958. The highest BCUT2D eigenvalue weighted by Gasteiger charge is 2.29. The molecular formula is C24H21O7P. The van der Waals surface area contributed by atoms with Crippen LogP contribution in [0.2, 0.25) is 0 Å². The van der Waals surface area contributed by atoms with Crippen LogP contribution in [0.15, 0.2) is 91.0 Å². The first kappa shape index (κ1) is 23.0. The molecule has 0 heterocycles. The van der Waals surface area contributed by atoms with Crippen LogP contribution in [0.3, 0.4) is 0 Å². The summed E-state index contributed by atoms with van der Waals surface area (Å²) in [6.45, 7) is 0. The standard InChI is InChI=1S/C24H21O7P/c25-22(19-10-4-1-5-11-19)29-16-32(28,17-30-23(26)20-12-6-2-7-13-20)18-31-24(27)21-14-8-3-9-15-21/h1-15H,16-18H2. The van der Waals surface area contributed by atoms with Crippen molar-refractivity contribution in [3.63, 3.8) is 0 Å². The molecule has 0 saturated heterocycles. The third-order valence-electron chi connectivity index (χ3n) is 4.32. The van der Waals surface area contributed by atoms with Gasteiger partial charge in [0.1, 0.15) is 0 Å². The summed E-state index contributed by atoms with van der Waals surface area (Å²) in [5.74, 6) is -2.06. The number of carbonyl (C=O) groups excluding carboxylic acids is 3. The molecule has 3 aromatic carbocycles. The molecule has 0 N–H and O–H groups in total. The van der Waals surface area contributed by atoms with Gasteiger partial charge < -0.3 is 18.8 Å². The minimum atomic E-state index is -3.57. The summed E-state index contributed by atoms with van der Waals surface area (Å²) < 4.78 is 28.9. The van der Waals surface area contributed by atoms with E-state index in [1.807, 2.05) is 0 Å². The van der Waals surface area contributed by atoms with E-state index in [4.69, 9.17) is 14.2 Å². The van der Waals surface area contributed by atoms with Crippen LogP contribution in [0.4, 0.5) is 0 Å². The van der Waals surface area contributed by atoms with Gasteiger partial charge >= 0.3 is 17.9 Å². The SMILES string of the molecule is O=C(OCP(=O)(COC(=O)c1ccccc1)COC(=O)c1ccccc1)c1ccccc1. The van der Waals surface area contributed by atoms with Gasteiger partial charge in [-0.3, -0.25) is 0 Å². The Morgan fingerprint density at radius 2 is 0.750 bits per heavy atom. The Hall–Kier alpha value is -3.70. The van der Waals surface area contributed by atoms with Crippen molar-refractivity contribution >= 4 is 25.0 Å². The Morgan fingerprint density at radius 1 is 0.500 bits per heavy atom. The van der Waals surface area contributed by atoms with Crippen molar-refractivity contribution in [1.82, 2.24) is 0 Å². The number of benzene rings is 3. The van der Waals surface area contributed by atoms with Gasteiger partial charge in [0, 0.05) is 0 Å². The molecule has 7 nitrogen and oxygen atoms in total. The number of rotatable bonds is 9. The molecule has 0 aromatic heterocycles. The summed E-state index contributed by atoms with van der Waals surface area (Å²) in [6.07, 6.45) is -1.65. The highest BCUT2D eigenvalue weighted by Crippen LogP contribution is 2.46. The maximum absolute atomic E-state index is 13.4. The predicted octanol–water partition coefficient (Wildman–Crippen LogP) is 4.79. The van der Waals surface area contributed by atoms with Crippen molar-refractivity contribution in [2.45, 2.75) is 0 Å². The van der Waals surface area contributed by atoms with Gasteiger partial charge in [0.15, 0.2) is 26.2 Å². The average Bonchev–Trinajstić information content (AvgIpc) is 2.86. The van der Waals surface area contributed by atoms with E-state index < -0.39 is 44.1 Å². The third kappa shape index (κ3) is 6.65. The van der Waals surface area contributed by atoms with Crippen LogP contribution in [0.25, 0.3) is 0 Å². The summed E-state index contributed by atoms with van der Waals surface area (Å²) in [6, 6.07) is 24.6. The van der Waals surface area contributed by atoms with Crippen molar-refractivity contribution in [2.75, 3.05) is 19.0 Å². The predicted molar refractivity (Wildman–Crippen MR) is 118 cm³/mol. The molecule has 3 aromatic rings. The van der Waals surface area contributed by atoms with Gasteiger partial charge in [-0.25, -0.2) is 14.4 Å². The highest BCUT2D eigenvalue weighted by molar-refractivity contribution is 7.63. The van der Waals surface area contributed by atoms with Gasteiger partial charge in [-0.05, 0) is 36.4 Å². The molecule has 0 spiro atoms. The van der Waals surface area contributed by atoms with Crippen molar-refractivity contribution in [3.05, 3.63) is 108 Å². The molecule has 0 saturated carbocycles. The molecule has 8 heteroatoms. The van der Waals surface area contributed by atoms with E-state index in [2.05, 4.69) is 0 Å². The number of hydrogen-bond acceptors (Lipinski definition) is 7. The summed E-state index contributed by atoms with van der Waals surface area (Å²) in [4.78, 5) is 36.8. The number of carbonyl (C=O) groups is 3. The van der Waals surface area contributed by atoms with Crippen LogP contribution in [-0.2, 0) is 18.8 Å². The summed E-state index contributed by atoms with van der Waals surface area (Å²) in [7, 11) is -3.57. The molecule has 0 radical (unpaired) electrons. The van der Waals surface area contributed by atoms with Crippen LogP contribution in [0.5, 0.6) is 0 Å². The fraction of sp³-hybridized carbons (Fsp3) is 0.125. The van der Waals surface area contributed by atoms with Crippen LogP contribution in [0.1, 0.15) is 31.1 Å². The van der Waals surface area contributed by atoms with E-state index in [1.54, 1.807) is 91.0 Å². The second-order valence-electron chi connectivity index (χ2n) is 6.84. The van der Waals surface area contributed by atoms with Gasteiger partial charge in [0.2, 0.25) is 0 Å². The quantitative estimate of drug-likeness (QED) is 0.262. The normalized spacial score (nSPS) is 10.8. The second-order valence-corrected chi connectivity index (χ2v) is 9.73. The Labute approximate surface area is 185 Å². The zero-order chi connectivity index (χ0) is 22.8. The molecule has 0 aliphatic carbocycles. The second kappa shape index (κ2) is 11.1. The zero-order valence-corrected chi connectivity index (χ0v) is 18.0. The Morgan fingerprint density at radius 3 is 1.00 bits per heavy atom. The Kier molecular flexibility index (Phi) is 7.95. The maximum Gasteiger partial charge on any atom is 0.338 e.